The van der Waals surface area contributed by atoms with Gasteiger partial charge in [-0.15, -0.1) is 0 Å². The monoisotopic (exact) mass is 243 g/mol. The third kappa shape index (κ3) is 12.0. The Labute approximate surface area is 46.3 Å². The second-order valence-corrected chi connectivity index (χ2v) is 0.447. The number of aliphatic hydroxyl groups excluding tert-OH is 2. The smallest absolute Gasteiger partial charge is 0.0662 e. The summed E-state index contributed by atoms with van der Waals surface area (Å²) in [6, 6.07) is 0. The molecule has 2 N–H and O–H groups in total. The molecule has 0 spiro atoms. The molecule has 0 bridgehead atoms. The van der Waals surface area contributed by atoms with Crippen molar-refractivity contribution in [1.29, 1.82) is 0 Å². The zero-order chi connectivity index (χ0) is 3.41. The molecule has 0 fully saturated rings. The van der Waals surface area contributed by atoms with Gasteiger partial charge in [-0.05, 0) is 0 Å². The molecular formula is C2H6O2Ta. The summed E-state index contributed by atoms with van der Waals surface area (Å²) >= 11 is 0. The molecule has 0 saturated heterocycles. The van der Waals surface area contributed by atoms with E-state index in [0.717, 1.165) is 0 Å². The van der Waals surface area contributed by atoms with Crippen LogP contribution in [0.2, 0.25) is 0 Å². The van der Waals surface area contributed by atoms with E-state index < -0.39 is 0 Å². The number of hydrogen-bond donors (Lipinski definition) is 2. The Morgan fingerprint density at radius 1 is 1.00 bits per heavy atom. The maximum Gasteiger partial charge on any atom is 0.0662 e. The first-order valence-electron chi connectivity index (χ1n) is 1.13. The van der Waals surface area contributed by atoms with E-state index in [9.17, 15) is 0 Å². The second kappa shape index (κ2) is 8.82. The van der Waals surface area contributed by atoms with Gasteiger partial charge in [0, 0.05) is 22.4 Å². The minimum Gasteiger partial charge on any atom is -0.394 e. The predicted molar refractivity (Wildman–Crippen MR) is 14.2 cm³/mol. The van der Waals surface area contributed by atoms with E-state index in [-0.39, 0.29) is 35.6 Å². The third-order valence-corrected chi connectivity index (χ3v) is 0.1000. The van der Waals surface area contributed by atoms with Gasteiger partial charge in [-0.3, -0.25) is 0 Å². The van der Waals surface area contributed by atoms with E-state index in [4.69, 9.17) is 10.2 Å². The fourth-order valence-electron chi connectivity index (χ4n) is 0. The van der Waals surface area contributed by atoms with Crippen LogP contribution in [-0.2, 0) is 22.4 Å². The van der Waals surface area contributed by atoms with Crippen molar-refractivity contribution >= 4 is 0 Å². The first-order chi connectivity index (χ1) is 1.91. The van der Waals surface area contributed by atoms with E-state index in [0.29, 0.717) is 0 Å². The van der Waals surface area contributed by atoms with Crippen molar-refractivity contribution in [2.75, 3.05) is 13.2 Å². The summed E-state index contributed by atoms with van der Waals surface area (Å²) in [5.41, 5.74) is 0. The van der Waals surface area contributed by atoms with Crippen molar-refractivity contribution in [1.82, 2.24) is 0 Å². The van der Waals surface area contributed by atoms with Gasteiger partial charge >= 0.3 is 0 Å². The van der Waals surface area contributed by atoms with E-state index in [1.807, 2.05) is 0 Å². The van der Waals surface area contributed by atoms with Gasteiger partial charge in [0.2, 0.25) is 0 Å². The van der Waals surface area contributed by atoms with Crippen molar-refractivity contribution < 1.29 is 32.6 Å². The predicted octanol–water partition coefficient (Wildman–Crippen LogP) is -1.03. The molecule has 2 nitrogen and oxygen atoms in total. The van der Waals surface area contributed by atoms with Crippen molar-refractivity contribution in [2.45, 2.75) is 0 Å². The van der Waals surface area contributed by atoms with Crippen LogP contribution in [0.15, 0.2) is 0 Å². The van der Waals surface area contributed by atoms with E-state index in [1.54, 1.807) is 0 Å². The minimum absolute atomic E-state index is 0. The summed E-state index contributed by atoms with van der Waals surface area (Å²) in [6.07, 6.45) is 0. The van der Waals surface area contributed by atoms with Gasteiger partial charge in [-0.2, -0.15) is 0 Å². The van der Waals surface area contributed by atoms with Crippen LogP contribution in [0.5, 0.6) is 0 Å². The van der Waals surface area contributed by atoms with Gasteiger partial charge < -0.3 is 10.2 Å². The van der Waals surface area contributed by atoms with Gasteiger partial charge in [0.25, 0.3) is 0 Å². The molecule has 31 valence electrons. The molecule has 0 aromatic carbocycles. The molecule has 0 amide bonds. The van der Waals surface area contributed by atoms with Gasteiger partial charge in [0.05, 0.1) is 13.2 Å². The number of rotatable bonds is 1. The second-order valence-electron chi connectivity index (χ2n) is 0.447. The average Bonchev–Trinajstić information content (AvgIpc) is 1.37. The summed E-state index contributed by atoms with van der Waals surface area (Å²) in [7, 11) is 0. The third-order valence-electron chi connectivity index (χ3n) is 0.1000. The zero-order valence-electron chi connectivity index (χ0n) is 2.76. The van der Waals surface area contributed by atoms with E-state index in [2.05, 4.69) is 0 Å². The van der Waals surface area contributed by atoms with Gasteiger partial charge in [-0.25, -0.2) is 0 Å². The van der Waals surface area contributed by atoms with Crippen molar-refractivity contribution in [2.24, 2.45) is 0 Å². The molecule has 0 saturated carbocycles. The summed E-state index contributed by atoms with van der Waals surface area (Å²) in [6.45, 7) is -0.250. The maximum absolute atomic E-state index is 7.62. The molecule has 0 aliphatic rings. The Bertz CT molecular complexity index is 9.61. The minimum atomic E-state index is -0.125. The van der Waals surface area contributed by atoms with Crippen LogP contribution in [0.1, 0.15) is 0 Å². The zero-order valence-corrected chi connectivity index (χ0v) is 5.97. The Morgan fingerprint density at radius 2 is 1.20 bits per heavy atom. The fourth-order valence-corrected chi connectivity index (χ4v) is 0. The Kier molecular flexibility index (Phi) is 16.2. The molecule has 3 heteroatoms. The Morgan fingerprint density at radius 3 is 1.20 bits per heavy atom. The van der Waals surface area contributed by atoms with Crippen LogP contribution >= 0.6 is 0 Å². The summed E-state index contributed by atoms with van der Waals surface area (Å²) < 4.78 is 0. The summed E-state index contributed by atoms with van der Waals surface area (Å²) in [5.74, 6) is 0. The summed E-state index contributed by atoms with van der Waals surface area (Å²) in [5, 5.41) is 15.2. The number of hydrogen-bond acceptors (Lipinski definition) is 2. The van der Waals surface area contributed by atoms with Crippen molar-refractivity contribution in [3.05, 3.63) is 0 Å². The van der Waals surface area contributed by atoms with Crippen molar-refractivity contribution in [3.8, 4) is 0 Å². The van der Waals surface area contributed by atoms with Crippen LogP contribution in [0.3, 0.4) is 0 Å². The molecular weight excluding hydrogens is 237 g/mol. The largest absolute Gasteiger partial charge is 0.394 e. The number of aliphatic hydroxyl groups is 2. The Balaban J connectivity index is 0. The van der Waals surface area contributed by atoms with Crippen molar-refractivity contribution in [3.63, 3.8) is 0 Å². The quantitative estimate of drug-likeness (QED) is 0.618. The fraction of sp³-hybridized carbons (Fsp3) is 1.00. The Hall–Kier alpha value is 0.660. The normalized spacial score (nSPS) is 6.00. The van der Waals surface area contributed by atoms with Crippen LogP contribution in [-0.4, -0.2) is 23.4 Å². The molecule has 0 aromatic rings. The van der Waals surface area contributed by atoms with Crippen LogP contribution in [0.25, 0.3) is 0 Å². The summed E-state index contributed by atoms with van der Waals surface area (Å²) in [4.78, 5) is 0. The van der Waals surface area contributed by atoms with Crippen LogP contribution in [0.4, 0.5) is 0 Å². The molecule has 0 aromatic heterocycles. The van der Waals surface area contributed by atoms with E-state index >= 15 is 0 Å². The van der Waals surface area contributed by atoms with Gasteiger partial charge in [-0.1, -0.05) is 0 Å². The molecule has 0 rings (SSSR count). The molecule has 5 heavy (non-hydrogen) atoms. The van der Waals surface area contributed by atoms with Crippen LogP contribution in [0, 0.1) is 0 Å². The maximum atomic E-state index is 7.62. The van der Waals surface area contributed by atoms with E-state index in [1.165, 1.54) is 0 Å². The first-order valence-corrected chi connectivity index (χ1v) is 1.13. The standard InChI is InChI=1S/C2H6O2.Ta/c3-1-2-4;/h3-4H,1-2H2;. The topological polar surface area (TPSA) is 40.5 Å². The SMILES string of the molecule is OCCO.[Ta]. The van der Waals surface area contributed by atoms with Gasteiger partial charge in [0.15, 0.2) is 0 Å². The molecule has 0 aliphatic heterocycles. The molecule has 0 unspecified atom stereocenters. The average molecular weight is 243 g/mol. The van der Waals surface area contributed by atoms with Gasteiger partial charge in [0.1, 0.15) is 0 Å². The first kappa shape index (κ1) is 9.18. The molecule has 1 radical (unpaired) electrons. The van der Waals surface area contributed by atoms with Crippen LogP contribution < -0.4 is 0 Å². The molecule has 0 heterocycles. The molecule has 0 aliphatic carbocycles. The molecule has 0 atom stereocenters.